The van der Waals surface area contributed by atoms with Crippen molar-refractivity contribution in [3.8, 4) is 0 Å². The van der Waals surface area contributed by atoms with Gasteiger partial charge in [0.25, 0.3) is 0 Å². The van der Waals surface area contributed by atoms with E-state index in [4.69, 9.17) is 4.74 Å². The molecule has 1 saturated heterocycles. The Morgan fingerprint density at radius 1 is 1.42 bits per heavy atom. The van der Waals surface area contributed by atoms with Crippen molar-refractivity contribution in [3.05, 3.63) is 46.5 Å². The number of urea groups is 1. The summed E-state index contributed by atoms with van der Waals surface area (Å²) >= 11 is 1.20. The predicted molar refractivity (Wildman–Crippen MR) is 92.6 cm³/mol. The van der Waals surface area contributed by atoms with Crippen LogP contribution in [0.5, 0.6) is 0 Å². The molecule has 1 aromatic heterocycles. The number of thiazole rings is 1. The van der Waals surface area contributed by atoms with E-state index >= 15 is 0 Å². The molecule has 1 aliphatic rings. The summed E-state index contributed by atoms with van der Waals surface area (Å²) in [6, 6.07) is 9.87. The number of nitrogens with zero attached hydrogens (tertiary/aromatic N) is 2. The van der Waals surface area contributed by atoms with E-state index in [2.05, 4.69) is 10.3 Å². The van der Waals surface area contributed by atoms with Gasteiger partial charge in [0, 0.05) is 0 Å². The van der Waals surface area contributed by atoms with Crippen molar-refractivity contribution >= 4 is 28.5 Å². The number of rotatable bonds is 5. The molecule has 6 nitrogen and oxygen atoms in total. The lowest BCUT2D eigenvalue weighted by molar-refractivity contribution is 0.0531. The maximum Gasteiger partial charge on any atom is 0.350 e. The third-order valence-corrected chi connectivity index (χ3v) is 4.94. The Labute approximate surface area is 144 Å². The summed E-state index contributed by atoms with van der Waals surface area (Å²) in [5, 5.41) is 3.50. The highest BCUT2D eigenvalue weighted by atomic mass is 32.1. The number of amides is 2. The highest BCUT2D eigenvalue weighted by Gasteiger charge is 2.32. The van der Waals surface area contributed by atoms with Crippen molar-refractivity contribution in [1.29, 1.82) is 0 Å². The fourth-order valence-electron chi connectivity index (χ4n) is 2.66. The van der Waals surface area contributed by atoms with E-state index in [-0.39, 0.29) is 18.0 Å². The van der Waals surface area contributed by atoms with Gasteiger partial charge in [0.15, 0.2) is 5.13 Å². The fourth-order valence-corrected chi connectivity index (χ4v) is 3.63. The van der Waals surface area contributed by atoms with Crippen LogP contribution >= 0.6 is 11.3 Å². The number of nitrogens with one attached hydrogen (secondary N) is 1. The number of aromatic nitrogens is 1. The minimum atomic E-state index is -0.390. The van der Waals surface area contributed by atoms with Crippen LogP contribution in [-0.4, -0.2) is 36.2 Å². The zero-order chi connectivity index (χ0) is 17.1. The van der Waals surface area contributed by atoms with Gasteiger partial charge >= 0.3 is 12.0 Å². The van der Waals surface area contributed by atoms with Crippen LogP contribution < -0.4 is 10.2 Å². The van der Waals surface area contributed by atoms with Crippen molar-refractivity contribution < 1.29 is 14.3 Å². The molecule has 3 rings (SSSR count). The summed E-state index contributed by atoms with van der Waals surface area (Å²) in [4.78, 5) is 30.6. The first kappa shape index (κ1) is 16.4. The minimum Gasteiger partial charge on any atom is -0.462 e. The molecule has 1 aromatic carbocycles. The molecule has 2 amide bonds. The van der Waals surface area contributed by atoms with E-state index in [0.29, 0.717) is 28.9 Å². The van der Waals surface area contributed by atoms with Gasteiger partial charge in [-0.15, -0.1) is 0 Å². The summed E-state index contributed by atoms with van der Waals surface area (Å²) in [5.74, 6) is -0.390. The van der Waals surface area contributed by atoms with Gasteiger partial charge in [-0.25, -0.2) is 14.6 Å². The average molecular weight is 345 g/mol. The van der Waals surface area contributed by atoms with Crippen LogP contribution in [0, 0.1) is 6.92 Å². The first-order chi connectivity index (χ1) is 11.6. The molecule has 0 radical (unpaired) electrons. The number of benzene rings is 1. The molecule has 1 fully saturated rings. The maximum absolute atomic E-state index is 12.3. The molecule has 2 heterocycles. The third-order valence-electron chi connectivity index (χ3n) is 3.78. The van der Waals surface area contributed by atoms with Crippen LogP contribution in [0.25, 0.3) is 0 Å². The van der Waals surface area contributed by atoms with Crippen molar-refractivity contribution in [3.63, 3.8) is 0 Å². The standard InChI is InChI=1S/C17H19N3O3S/c1-3-23-15(21)14-11(2)18-17(24-14)20-10-13(19-16(20)22)9-12-7-5-4-6-8-12/h4-8,13H,3,9-10H2,1-2H3,(H,19,22). The zero-order valence-electron chi connectivity index (χ0n) is 13.6. The maximum atomic E-state index is 12.3. The fraction of sp³-hybridized carbons (Fsp3) is 0.353. The second-order valence-electron chi connectivity index (χ2n) is 5.58. The average Bonchev–Trinajstić information content (AvgIpc) is 3.11. The number of anilines is 1. The van der Waals surface area contributed by atoms with Gasteiger partial charge < -0.3 is 10.1 Å². The topological polar surface area (TPSA) is 71.5 Å². The Hall–Kier alpha value is -2.41. The molecule has 1 aliphatic heterocycles. The number of carbonyl (C=O) groups excluding carboxylic acids is 2. The highest BCUT2D eigenvalue weighted by molar-refractivity contribution is 7.17. The molecule has 1 N–H and O–H groups in total. The summed E-state index contributed by atoms with van der Waals surface area (Å²) in [6.07, 6.45) is 0.762. The van der Waals surface area contributed by atoms with Crippen molar-refractivity contribution in [2.24, 2.45) is 0 Å². The van der Waals surface area contributed by atoms with E-state index in [0.717, 1.165) is 6.42 Å². The number of esters is 1. The number of hydrogen-bond acceptors (Lipinski definition) is 5. The van der Waals surface area contributed by atoms with E-state index in [1.165, 1.54) is 16.9 Å². The normalized spacial score (nSPS) is 17.0. The van der Waals surface area contributed by atoms with Crippen molar-refractivity contribution in [2.45, 2.75) is 26.3 Å². The van der Waals surface area contributed by atoms with Crippen LogP contribution in [0.1, 0.15) is 27.9 Å². The quantitative estimate of drug-likeness (QED) is 0.846. The minimum absolute atomic E-state index is 0.0233. The Bertz CT molecular complexity index is 745. The zero-order valence-corrected chi connectivity index (χ0v) is 14.4. The SMILES string of the molecule is CCOC(=O)c1sc(N2CC(Cc3ccccc3)NC2=O)nc1C. The van der Waals surface area contributed by atoms with E-state index < -0.39 is 0 Å². The third kappa shape index (κ3) is 3.41. The van der Waals surface area contributed by atoms with Crippen LogP contribution in [-0.2, 0) is 11.2 Å². The number of aryl methyl sites for hydroxylation is 1. The molecule has 2 aromatic rings. The summed E-state index contributed by atoms with van der Waals surface area (Å²) in [5.41, 5.74) is 1.76. The molecule has 1 atom stereocenters. The van der Waals surface area contributed by atoms with Crippen LogP contribution in [0.15, 0.2) is 30.3 Å². The number of hydrogen-bond donors (Lipinski definition) is 1. The largest absolute Gasteiger partial charge is 0.462 e. The first-order valence-electron chi connectivity index (χ1n) is 7.85. The van der Waals surface area contributed by atoms with E-state index in [9.17, 15) is 9.59 Å². The molecule has 0 spiro atoms. The van der Waals surface area contributed by atoms with Gasteiger partial charge in [0.05, 0.1) is 24.9 Å². The Kier molecular flexibility index (Phi) is 4.80. The highest BCUT2D eigenvalue weighted by Crippen LogP contribution is 2.29. The lowest BCUT2D eigenvalue weighted by Crippen LogP contribution is -2.29. The number of ether oxygens (including phenoxy) is 1. The molecular weight excluding hydrogens is 326 g/mol. The van der Waals surface area contributed by atoms with Crippen LogP contribution in [0.4, 0.5) is 9.93 Å². The molecule has 0 saturated carbocycles. The smallest absolute Gasteiger partial charge is 0.350 e. The van der Waals surface area contributed by atoms with Gasteiger partial charge in [0.2, 0.25) is 0 Å². The van der Waals surface area contributed by atoms with Crippen LogP contribution in [0.3, 0.4) is 0 Å². The molecule has 0 aliphatic carbocycles. The Morgan fingerprint density at radius 2 is 2.17 bits per heavy atom. The molecule has 0 bridgehead atoms. The van der Waals surface area contributed by atoms with Gasteiger partial charge in [-0.2, -0.15) is 0 Å². The van der Waals surface area contributed by atoms with Gasteiger partial charge in [-0.05, 0) is 25.8 Å². The Balaban J connectivity index is 1.72. The van der Waals surface area contributed by atoms with E-state index in [1.54, 1.807) is 18.7 Å². The number of carbonyl (C=O) groups is 2. The molecule has 24 heavy (non-hydrogen) atoms. The molecule has 126 valence electrons. The predicted octanol–water partition coefficient (Wildman–Crippen LogP) is 2.77. The lowest BCUT2D eigenvalue weighted by Gasteiger charge is -2.11. The summed E-state index contributed by atoms with van der Waals surface area (Å²) in [6.45, 7) is 4.36. The van der Waals surface area contributed by atoms with Crippen molar-refractivity contribution in [1.82, 2.24) is 10.3 Å². The molecule has 7 heteroatoms. The lowest BCUT2D eigenvalue weighted by atomic mass is 10.1. The summed E-state index contributed by atoms with van der Waals surface area (Å²) in [7, 11) is 0. The van der Waals surface area contributed by atoms with Crippen molar-refractivity contribution in [2.75, 3.05) is 18.1 Å². The van der Waals surface area contributed by atoms with E-state index in [1.807, 2.05) is 30.3 Å². The first-order valence-corrected chi connectivity index (χ1v) is 8.66. The second kappa shape index (κ2) is 7.00. The monoisotopic (exact) mass is 345 g/mol. The second-order valence-corrected chi connectivity index (χ2v) is 6.56. The van der Waals surface area contributed by atoms with Gasteiger partial charge in [0.1, 0.15) is 4.88 Å². The van der Waals surface area contributed by atoms with Gasteiger partial charge in [-0.1, -0.05) is 41.7 Å². The molecular formula is C17H19N3O3S. The van der Waals surface area contributed by atoms with Gasteiger partial charge in [-0.3, -0.25) is 4.90 Å². The van der Waals surface area contributed by atoms with Crippen LogP contribution in [0.2, 0.25) is 0 Å². The molecule has 1 unspecified atom stereocenters. The Morgan fingerprint density at radius 3 is 2.88 bits per heavy atom. The summed E-state index contributed by atoms with van der Waals surface area (Å²) < 4.78 is 5.02.